The highest BCUT2D eigenvalue weighted by Gasteiger charge is 1.91. The fraction of sp³-hybridized carbons (Fsp3) is 0.0909. The van der Waals surface area contributed by atoms with E-state index in [4.69, 9.17) is 18.0 Å². The van der Waals surface area contributed by atoms with Gasteiger partial charge < -0.3 is 0 Å². The molecule has 0 nitrogen and oxygen atoms in total. The predicted octanol–water partition coefficient (Wildman–Crippen LogP) is 3.38. The lowest BCUT2D eigenvalue weighted by Crippen LogP contribution is -1.72. The molecule has 0 aliphatic heterocycles. The first-order valence-corrected chi connectivity index (χ1v) is 4.07. The molecular weight excluding hydrogens is 168 g/mol. The molecule has 1 aromatic rings. The fourth-order valence-corrected chi connectivity index (χ4v) is 1.06. The summed E-state index contributed by atoms with van der Waals surface area (Å²) < 4.78 is 0. The van der Waals surface area contributed by atoms with E-state index in [1.807, 2.05) is 36.4 Å². The summed E-state index contributed by atoms with van der Waals surface area (Å²) in [7, 11) is 0. The Bertz CT molecular complexity index is 318. The van der Waals surface area contributed by atoms with Gasteiger partial charge in [-0.3, -0.25) is 0 Å². The molecule has 0 atom stereocenters. The molecule has 0 amide bonds. The minimum atomic E-state index is 0.644. The molecule has 60 valence electrons. The quantitative estimate of drug-likeness (QED) is 0.606. The van der Waals surface area contributed by atoms with Gasteiger partial charge in [-0.1, -0.05) is 42.0 Å². The largest absolute Gasteiger partial charge is 0.120 e. The lowest BCUT2D eigenvalue weighted by molar-refractivity contribution is 1.49. The number of hydrogen-bond acceptors (Lipinski definition) is 0. The van der Waals surface area contributed by atoms with Crippen LogP contribution < -0.4 is 0 Å². The Balaban J connectivity index is 2.77. The monoisotopic (exact) mass is 176 g/mol. The lowest BCUT2D eigenvalue weighted by atomic mass is 10.2. The van der Waals surface area contributed by atoms with Crippen molar-refractivity contribution in [3.63, 3.8) is 0 Å². The van der Waals surface area contributed by atoms with E-state index in [9.17, 15) is 0 Å². The second kappa shape index (κ2) is 4.64. The van der Waals surface area contributed by atoms with Crippen LogP contribution in [0.1, 0.15) is 12.0 Å². The third-order valence-corrected chi connectivity index (χ3v) is 1.78. The summed E-state index contributed by atoms with van der Waals surface area (Å²) in [6.45, 7) is 0. The van der Waals surface area contributed by atoms with Crippen LogP contribution in [0, 0.1) is 12.3 Å². The van der Waals surface area contributed by atoms with E-state index >= 15 is 0 Å². The van der Waals surface area contributed by atoms with E-state index in [-0.39, 0.29) is 0 Å². The van der Waals surface area contributed by atoms with Crippen molar-refractivity contribution in [2.75, 3.05) is 0 Å². The van der Waals surface area contributed by atoms with Crippen molar-refractivity contribution in [1.82, 2.24) is 0 Å². The molecule has 0 radical (unpaired) electrons. The smallest absolute Gasteiger partial charge is 0.0478 e. The zero-order valence-electron chi connectivity index (χ0n) is 6.63. The average molecular weight is 177 g/mol. The Morgan fingerprint density at radius 3 is 2.83 bits per heavy atom. The van der Waals surface area contributed by atoms with Crippen molar-refractivity contribution >= 4 is 17.7 Å². The van der Waals surface area contributed by atoms with Crippen LogP contribution in [-0.2, 0) is 0 Å². The second-order valence-electron chi connectivity index (χ2n) is 2.33. The first-order chi connectivity index (χ1) is 5.84. The number of hydrogen-bond donors (Lipinski definition) is 0. The summed E-state index contributed by atoms with van der Waals surface area (Å²) in [5, 5.41) is 0.755. The molecular formula is C11H9Cl. The van der Waals surface area contributed by atoms with Gasteiger partial charge in [0.2, 0.25) is 0 Å². The van der Waals surface area contributed by atoms with Gasteiger partial charge >= 0.3 is 0 Å². The van der Waals surface area contributed by atoms with Crippen LogP contribution in [0.25, 0.3) is 6.08 Å². The molecule has 12 heavy (non-hydrogen) atoms. The molecule has 0 saturated heterocycles. The third kappa shape index (κ3) is 2.45. The molecule has 0 aliphatic carbocycles. The normalized spacial score (nSPS) is 10.0. The van der Waals surface area contributed by atoms with Gasteiger partial charge in [0.25, 0.3) is 0 Å². The molecule has 1 aromatic carbocycles. The van der Waals surface area contributed by atoms with Gasteiger partial charge in [0.05, 0.1) is 0 Å². The van der Waals surface area contributed by atoms with Crippen molar-refractivity contribution in [3.05, 3.63) is 40.9 Å². The number of terminal acetylenes is 1. The van der Waals surface area contributed by atoms with Crippen LogP contribution in [0.2, 0.25) is 5.02 Å². The molecule has 1 heteroatoms. The van der Waals surface area contributed by atoms with E-state index in [1.54, 1.807) is 0 Å². The van der Waals surface area contributed by atoms with Gasteiger partial charge in [-0.2, -0.15) is 0 Å². The van der Waals surface area contributed by atoms with Gasteiger partial charge in [0.1, 0.15) is 0 Å². The Morgan fingerprint density at radius 1 is 1.42 bits per heavy atom. The highest BCUT2D eigenvalue weighted by atomic mass is 35.5. The molecule has 0 saturated carbocycles. The third-order valence-electron chi connectivity index (χ3n) is 1.44. The highest BCUT2D eigenvalue weighted by Crippen LogP contribution is 2.16. The minimum Gasteiger partial charge on any atom is -0.120 e. The van der Waals surface area contributed by atoms with Gasteiger partial charge in [0, 0.05) is 11.4 Å². The number of halogens is 1. The molecule has 0 heterocycles. The molecule has 0 bridgehead atoms. The molecule has 0 aliphatic rings. The first kappa shape index (κ1) is 8.90. The Hall–Kier alpha value is -1.19. The van der Waals surface area contributed by atoms with Crippen molar-refractivity contribution in [2.24, 2.45) is 0 Å². The minimum absolute atomic E-state index is 0.644. The number of benzene rings is 1. The first-order valence-electron chi connectivity index (χ1n) is 3.69. The summed E-state index contributed by atoms with van der Waals surface area (Å²) in [5.74, 6) is 2.53. The van der Waals surface area contributed by atoms with Gasteiger partial charge in [-0.15, -0.1) is 12.3 Å². The Kier molecular flexibility index (Phi) is 3.44. The summed E-state index contributed by atoms with van der Waals surface area (Å²) in [4.78, 5) is 0. The maximum Gasteiger partial charge on any atom is 0.0478 e. The van der Waals surface area contributed by atoms with E-state index in [0.717, 1.165) is 10.6 Å². The van der Waals surface area contributed by atoms with Crippen LogP contribution in [0.3, 0.4) is 0 Å². The van der Waals surface area contributed by atoms with Crippen molar-refractivity contribution in [2.45, 2.75) is 6.42 Å². The topological polar surface area (TPSA) is 0 Å². The van der Waals surface area contributed by atoms with Crippen molar-refractivity contribution < 1.29 is 0 Å². The number of allylic oxidation sites excluding steroid dienone is 1. The van der Waals surface area contributed by atoms with E-state index in [1.165, 1.54) is 0 Å². The molecule has 0 unspecified atom stereocenters. The molecule has 0 fully saturated rings. The van der Waals surface area contributed by atoms with E-state index in [2.05, 4.69) is 5.92 Å². The summed E-state index contributed by atoms with van der Waals surface area (Å²) in [5.41, 5.74) is 1.01. The highest BCUT2D eigenvalue weighted by molar-refractivity contribution is 6.32. The summed E-state index contributed by atoms with van der Waals surface area (Å²) in [6, 6.07) is 7.66. The zero-order valence-corrected chi connectivity index (χ0v) is 7.38. The van der Waals surface area contributed by atoms with Crippen LogP contribution in [0.4, 0.5) is 0 Å². The van der Waals surface area contributed by atoms with Crippen molar-refractivity contribution in [1.29, 1.82) is 0 Å². The summed E-state index contributed by atoms with van der Waals surface area (Å²) in [6.07, 6.45) is 9.59. The standard InChI is InChI=1S/C11H9Cl/c1-2-3-4-7-10-8-5-6-9-11(10)12/h1,4-9H,3H2. The Morgan fingerprint density at radius 2 is 2.17 bits per heavy atom. The number of rotatable bonds is 2. The maximum absolute atomic E-state index is 5.90. The lowest BCUT2D eigenvalue weighted by Gasteiger charge is -1.94. The summed E-state index contributed by atoms with van der Waals surface area (Å²) >= 11 is 5.90. The Labute approximate surface area is 77.9 Å². The van der Waals surface area contributed by atoms with E-state index in [0.29, 0.717) is 6.42 Å². The molecule has 0 N–H and O–H groups in total. The van der Waals surface area contributed by atoms with Crippen LogP contribution in [0.5, 0.6) is 0 Å². The van der Waals surface area contributed by atoms with Crippen LogP contribution >= 0.6 is 11.6 Å². The average Bonchev–Trinajstić information content (AvgIpc) is 2.09. The maximum atomic E-state index is 5.90. The molecule has 0 spiro atoms. The van der Waals surface area contributed by atoms with Gasteiger partial charge in [-0.25, -0.2) is 0 Å². The SMILES string of the molecule is C#CCC=Cc1ccccc1Cl. The second-order valence-corrected chi connectivity index (χ2v) is 2.74. The van der Waals surface area contributed by atoms with Gasteiger partial charge in [0.15, 0.2) is 0 Å². The van der Waals surface area contributed by atoms with Crippen LogP contribution in [0.15, 0.2) is 30.3 Å². The van der Waals surface area contributed by atoms with Gasteiger partial charge in [-0.05, 0) is 11.6 Å². The van der Waals surface area contributed by atoms with Crippen LogP contribution in [-0.4, -0.2) is 0 Å². The fourth-order valence-electron chi connectivity index (χ4n) is 0.864. The molecule has 1 rings (SSSR count). The predicted molar refractivity (Wildman–Crippen MR) is 53.9 cm³/mol. The zero-order chi connectivity index (χ0) is 8.81. The molecule has 0 aromatic heterocycles. The van der Waals surface area contributed by atoms with Crippen molar-refractivity contribution in [3.8, 4) is 12.3 Å². The van der Waals surface area contributed by atoms with E-state index < -0.39 is 0 Å².